The summed E-state index contributed by atoms with van der Waals surface area (Å²) in [5, 5.41) is 29.6. The van der Waals surface area contributed by atoms with Crippen LogP contribution in [0.2, 0.25) is 0 Å². The first-order chi connectivity index (χ1) is 15.6. The zero-order valence-electron chi connectivity index (χ0n) is 21.2. The fraction of sp³-hybridized carbons (Fsp3) is 1.00. The van der Waals surface area contributed by atoms with Gasteiger partial charge in [-0.15, -0.1) is 0 Å². The van der Waals surface area contributed by atoms with Crippen LogP contribution in [0.15, 0.2) is 0 Å². The van der Waals surface area contributed by atoms with Crippen LogP contribution in [-0.4, -0.2) is 53.1 Å². The van der Waals surface area contributed by atoms with Crippen molar-refractivity contribution in [2.75, 3.05) is 13.2 Å². The first-order valence-electron chi connectivity index (χ1n) is 13.9. The summed E-state index contributed by atoms with van der Waals surface area (Å²) in [6.45, 7) is 5.07. The highest BCUT2D eigenvalue weighted by Crippen LogP contribution is 2.23. The molecule has 1 aliphatic rings. The Morgan fingerprint density at radius 1 is 0.656 bits per heavy atom. The van der Waals surface area contributed by atoms with E-state index in [9.17, 15) is 15.3 Å². The normalized spacial score (nSPS) is 24.7. The van der Waals surface area contributed by atoms with Gasteiger partial charge in [-0.05, 0) is 18.8 Å². The second kappa shape index (κ2) is 20.2. The van der Waals surface area contributed by atoms with E-state index in [-0.39, 0.29) is 6.61 Å². The summed E-state index contributed by atoms with van der Waals surface area (Å²) in [5.41, 5.74) is 0. The van der Waals surface area contributed by atoms with Crippen molar-refractivity contribution in [3.05, 3.63) is 0 Å². The molecular formula is C27H54O5. The van der Waals surface area contributed by atoms with E-state index in [2.05, 4.69) is 13.8 Å². The fourth-order valence-corrected chi connectivity index (χ4v) is 4.60. The fourth-order valence-electron chi connectivity index (χ4n) is 4.60. The summed E-state index contributed by atoms with van der Waals surface area (Å²) in [6, 6.07) is 0. The van der Waals surface area contributed by atoms with Crippen molar-refractivity contribution in [1.29, 1.82) is 0 Å². The van der Waals surface area contributed by atoms with Crippen LogP contribution >= 0.6 is 0 Å². The number of hydrogen-bond acceptors (Lipinski definition) is 5. The number of aliphatic hydroxyl groups is 3. The molecule has 1 aliphatic heterocycles. The highest BCUT2D eigenvalue weighted by molar-refractivity contribution is 4.82. The minimum Gasteiger partial charge on any atom is -0.388 e. The SMILES string of the molecule is CCCCCCCCCCCCC(CCCCCCCC)COC1OC[C@@H](O)C(O)[C@@H]1O. The second-order valence-corrected chi connectivity index (χ2v) is 9.98. The Labute approximate surface area is 198 Å². The first kappa shape index (κ1) is 29.8. The van der Waals surface area contributed by atoms with Crippen molar-refractivity contribution in [2.24, 2.45) is 5.92 Å². The van der Waals surface area contributed by atoms with Gasteiger partial charge in [0.2, 0.25) is 0 Å². The summed E-state index contributed by atoms with van der Waals surface area (Å²) in [6.07, 6.45) is 19.2. The molecule has 5 atom stereocenters. The van der Waals surface area contributed by atoms with Gasteiger partial charge in [0.25, 0.3) is 0 Å². The standard InChI is InChI=1S/C27H54O5/c1-3-5-7-9-11-12-13-14-16-18-20-23(19-17-15-10-8-6-4-2)21-31-27-26(30)25(29)24(28)22-32-27/h23-30H,3-22H2,1-2H3/t23?,24-,25?,26+,27?/m1/s1. The molecule has 32 heavy (non-hydrogen) atoms. The molecule has 3 unspecified atom stereocenters. The average Bonchev–Trinajstić information content (AvgIpc) is 2.79. The smallest absolute Gasteiger partial charge is 0.186 e. The van der Waals surface area contributed by atoms with Crippen LogP contribution in [-0.2, 0) is 9.47 Å². The van der Waals surface area contributed by atoms with E-state index in [0.717, 1.165) is 12.8 Å². The van der Waals surface area contributed by atoms with Crippen LogP contribution in [0.25, 0.3) is 0 Å². The van der Waals surface area contributed by atoms with E-state index in [4.69, 9.17) is 9.47 Å². The van der Waals surface area contributed by atoms with Crippen LogP contribution in [0.1, 0.15) is 129 Å². The van der Waals surface area contributed by atoms with Crippen LogP contribution in [0, 0.1) is 5.92 Å². The first-order valence-corrected chi connectivity index (χ1v) is 13.9. The van der Waals surface area contributed by atoms with Gasteiger partial charge in [0.1, 0.15) is 18.3 Å². The summed E-state index contributed by atoms with van der Waals surface area (Å²) >= 11 is 0. The summed E-state index contributed by atoms with van der Waals surface area (Å²) in [7, 11) is 0. The summed E-state index contributed by atoms with van der Waals surface area (Å²) < 4.78 is 11.3. The van der Waals surface area contributed by atoms with Crippen molar-refractivity contribution in [3.63, 3.8) is 0 Å². The molecule has 5 heteroatoms. The molecular weight excluding hydrogens is 404 g/mol. The van der Waals surface area contributed by atoms with Crippen molar-refractivity contribution in [3.8, 4) is 0 Å². The van der Waals surface area contributed by atoms with Gasteiger partial charge in [0, 0.05) is 0 Å². The van der Waals surface area contributed by atoms with E-state index in [1.807, 2.05) is 0 Å². The molecule has 0 spiro atoms. The predicted molar refractivity (Wildman–Crippen MR) is 132 cm³/mol. The van der Waals surface area contributed by atoms with E-state index >= 15 is 0 Å². The largest absolute Gasteiger partial charge is 0.388 e. The number of aliphatic hydroxyl groups excluding tert-OH is 3. The van der Waals surface area contributed by atoms with Gasteiger partial charge >= 0.3 is 0 Å². The van der Waals surface area contributed by atoms with Gasteiger partial charge in [-0.1, -0.05) is 117 Å². The van der Waals surface area contributed by atoms with Crippen LogP contribution in [0.5, 0.6) is 0 Å². The summed E-state index contributed by atoms with van der Waals surface area (Å²) in [5.74, 6) is 0.468. The van der Waals surface area contributed by atoms with E-state index in [1.54, 1.807) is 0 Å². The lowest BCUT2D eigenvalue weighted by Gasteiger charge is -2.35. The molecule has 0 saturated carbocycles. The molecule has 1 saturated heterocycles. The predicted octanol–water partition coefficient (Wildman–Crippen LogP) is 6.12. The molecule has 1 rings (SSSR count). The Kier molecular flexibility index (Phi) is 18.8. The third-order valence-corrected chi connectivity index (χ3v) is 6.88. The Morgan fingerprint density at radius 3 is 1.56 bits per heavy atom. The molecule has 0 aromatic carbocycles. The molecule has 192 valence electrons. The molecule has 1 fully saturated rings. The van der Waals surface area contributed by atoms with Crippen molar-refractivity contribution < 1.29 is 24.8 Å². The maximum absolute atomic E-state index is 10.1. The van der Waals surface area contributed by atoms with Gasteiger partial charge < -0.3 is 24.8 Å². The highest BCUT2D eigenvalue weighted by atomic mass is 16.7. The lowest BCUT2D eigenvalue weighted by molar-refractivity contribution is -0.272. The monoisotopic (exact) mass is 458 g/mol. The molecule has 0 aromatic heterocycles. The number of ether oxygens (including phenoxy) is 2. The molecule has 0 aliphatic carbocycles. The average molecular weight is 459 g/mol. The molecule has 0 aromatic rings. The minimum absolute atomic E-state index is 0.00341. The zero-order chi connectivity index (χ0) is 23.4. The third kappa shape index (κ3) is 14.1. The Balaban J connectivity index is 2.24. The molecule has 1 heterocycles. The van der Waals surface area contributed by atoms with Crippen LogP contribution in [0.3, 0.4) is 0 Å². The number of rotatable bonds is 21. The topological polar surface area (TPSA) is 79.2 Å². The van der Waals surface area contributed by atoms with Gasteiger partial charge in [0.15, 0.2) is 6.29 Å². The van der Waals surface area contributed by atoms with Gasteiger partial charge in [-0.3, -0.25) is 0 Å². The molecule has 0 amide bonds. The third-order valence-electron chi connectivity index (χ3n) is 6.88. The lowest BCUT2D eigenvalue weighted by atomic mass is 9.94. The van der Waals surface area contributed by atoms with Gasteiger partial charge in [0.05, 0.1) is 13.2 Å². The molecule has 0 bridgehead atoms. The van der Waals surface area contributed by atoms with Crippen LogP contribution in [0.4, 0.5) is 0 Å². The van der Waals surface area contributed by atoms with Crippen LogP contribution < -0.4 is 0 Å². The molecule has 0 radical (unpaired) electrons. The maximum Gasteiger partial charge on any atom is 0.186 e. The highest BCUT2D eigenvalue weighted by Gasteiger charge is 2.38. The van der Waals surface area contributed by atoms with Crippen molar-refractivity contribution >= 4 is 0 Å². The molecule has 5 nitrogen and oxygen atoms in total. The summed E-state index contributed by atoms with van der Waals surface area (Å²) in [4.78, 5) is 0. The Morgan fingerprint density at radius 2 is 1.09 bits per heavy atom. The lowest BCUT2D eigenvalue weighted by Crippen LogP contribution is -2.53. The van der Waals surface area contributed by atoms with E-state index in [1.165, 1.54) is 103 Å². The number of hydrogen-bond donors (Lipinski definition) is 3. The molecule has 3 N–H and O–H groups in total. The number of unbranched alkanes of at least 4 members (excludes halogenated alkanes) is 14. The van der Waals surface area contributed by atoms with Gasteiger partial charge in [-0.25, -0.2) is 0 Å². The maximum atomic E-state index is 10.1. The quantitative estimate of drug-likeness (QED) is 0.181. The van der Waals surface area contributed by atoms with Crippen molar-refractivity contribution in [1.82, 2.24) is 0 Å². The van der Waals surface area contributed by atoms with Crippen molar-refractivity contribution in [2.45, 2.75) is 154 Å². The van der Waals surface area contributed by atoms with Gasteiger partial charge in [-0.2, -0.15) is 0 Å². The minimum atomic E-state index is -1.20. The van der Waals surface area contributed by atoms with E-state index < -0.39 is 24.6 Å². The Bertz CT molecular complexity index is 406. The zero-order valence-corrected chi connectivity index (χ0v) is 21.2. The second-order valence-electron chi connectivity index (χ2n) is 9.98. The van der Waals surface area contributed by atoms with E-state index in [0.29, 0.717) is 12.5 Å². The Hall–Kier alpha value is -0.200.